The maximum Gasteiger partial charge on any atom is 0.499 e. The van der Waals surface area contributed by atoms with Crippen molar-refractivity contribution in [2.45, 2.75) is 38.9 Å². The van der Waals surface area contributed by atoms with Gasteiger partial charge < -0.3 is 40.0 Å². The van der Waals surface area contributed by atoms with Gasteiger partial charge in [0.2, 0.25) is 23.8 Å². The summed E-state index contributed by atoms with van der Waals surface area (Å²) in [5.74, 6) is 0.937. The normalized spacial score (nSPS) is 16.8. The summed E-state index contributed by atoms with van der Waals surface area (Å²) in [6.07, 6.45) is 6.14. The number of hydrogen-bond acceptors (Lipinski definition) is 16. The highest BCUT2D eigenvalue weighted by molar-refractivity contribution is 6.62. The molecule has 0 radical (unpaired) electrons. The summed E-state index contributed by atoms with van der Waals surface area (Å²) >= 11 is 6.10. The highest BCUT2D eigenvalue weighted by Gasteiger charge is 2.52. The van der Waals surface area contributed by atoms with Crippen molar-refractivity contribution in [3.8, 4) is 33.8 Å². The molecule has 9 heterocycles. The van der Waals surface area contributed by atoms with Gasteiger partial charge in [0.25, 0.3) is 0 Å². The Bertz CT molecular complexity index is 2430. The largest absolute Gasteiger partial charge is 0.499 e. The molecule has 0 aromatic carbocycles. The molecule has 0 unspecified atom stereocenters. The fraction of sp³-hybridized carbons (Fsp3) is 0.333. The molecular weight excluding hydrogens is 821 g/mol. The van der Waals surface area contributed by atoms with Gasteiger partial charge in [0.05, 0.1) is 60.3 Å². The average Bonchev–Trinajstić information content (AvgIpc) is 3.50. The van der Waals surface area contributed by atoms with E-state index < -0.39 is 30.2 Å². The number of ether oxygens (including phenoxy) is 2. The van der Waals surface area contributed by atoms with Crippen molar-refractivity contribution in [2.24, 2.45) is 0 Å². The van der Waals surface area contributed by atoms with Crippen LogP contribution in [0.2, 0.25) is 5.15 Å². The monoisotopic (exact) mass is 866 g/mol. The van der Waals surface area contributed by atoms with Gasteiger partial charge in [0, 0.05) is 73.6 Å². The quantitative estimate of drug-likeness (QED) is 0.124. The van der Waals surface area contributed by atoms with Crippen LogP contribution in [0.3, 0.4) is 0 Å². The van der Waals surface area contributed by atoms with Crippen LogP contribution >= 0.6 is 11.6 Å². The van der Waals surface area contributed by atoms with E-state index in [0.29, 0.717) is 90.6 Å². The Balaban J connectivity index is 0.000000144. The van der Waals surface area contributed by atoms with Crippen molar-refractivity contribution in [3.63, 3.8) is 0 Å². The molecule has 6 aromatic heterocycles. The fourth-order valence-corrected chi connectivity index (χ4v) is 6.50. The highest BCUT2D eigenvalue weighted by atomic mass is 35.5. The Hall–Kier alpha value is -5.99. The molecule has 16 nitrogen and oxygen atoms in total. The third-order valence-corrected chi connectivity index (χ3v) is 10.7. The van der Waals surface area contributed by atoms with Gasteiger partial charge in [-0.15, -0.1) is 0 Å². The lowest BCUT2D eigenvalue weighted by Gasteiger charge is -2.32. The van der Waals surface area contributed by atoms with Gasteiger partial charge >= 0.3 is 7.12 Å². The van der Waals surface area contributed by atoms with Crippen LogP contribution in [0.5, 0.6) is 0 Å². The van der Waals surface area contributed by atoms with Crippen molar-refractivity contribution >= 4 is 47.7 Å². The molecule has 4 N–H and O–H groups in total. The van der Waals surface area contributed by atoms with E-state index in [2.05, 4.69) is 44.8 Å². The van der Waals surface area contributed by atoms with Gasteiger partial charge in [0.1, 0.15) is 16.8 Å². The van der Waals surface area contributed by atoms with Gasteiger partial charge in [-0.3, -0.25) is 0 Å². The number of nitrogens with two attached hydrogens (primary N) is 2. The molecule has 0 saturated carbocycles. The maximum absolute atomic E-state index is 14.2. The van der Waals surface area contributed by atoms with Crippen molar-refractivity contribution in [3.05, 3.63) is 102 Å². The SMILES string of the molecule is CC1(C)OB(c2cccnc2F)OC1(C)C.Nc1ccc(-c2cc(-c3cccnc3F)nc(N3CCOCC3)n2)cn1.Nc1ccc(-c2cc(Cl)nc(N3CCOCC3)n2)cn1. The average molecular weight is 867 g/mol. The van der Waals surface area contributed by atoms with E-state index in [4.69, 9.17) is 41.9 Å². The van der Waals surface area contributed by atoms with Crippen molar-refractivity contribution in [1.29, 1.82) is 0 Å². The van der Waals surface area contributed by atoms with E-state index in [1.54, 1.807) is 60.9 Å². The minimum absolute atomic E-state index is 0.328. The zero-order valence-electron chi connectivity index (χ0n) is 34.7. The van der Waals surface area contributed by atoms with Gasteiger partial charge in [-0.05, 0) is 76.2 Å². The minimum atomic E-state index is -0.682. The predicted molar refractivity (Wildman–Crippen MR) is 234 cm³/mol. The minimum Gasteiger partial charge on any atom is -0.399 e. The maximum atomic E-state index is 14.2. The van der Waals surface area contributed by atoms with Gasteiger partial charge in [-0.25, -0.2) is 39.9 Å². The molecule has 62 heavy (non-hydrogen) atoms. The number of rotatable bonds is 6. The van der Waals surface area contributed by atoms with Gasteiger partial charge in [-0.1, -0.05) is 17.7 Å². The lowest BCUT2D eigenvalue weighted by Crippen LogP contribution is -2.41. The number of aromatic nitrogens is 8. The molecule has 0 atom stereocenters. The van der Waals surface area contributed by atoms with Crippen LogP contribution < -0.4 is 26.7 Å². The summed E-state index contributed by atoms with van der Waals surface area (Å²) in [5, 5.41) is 0.410. The molecule has 20 heteroatoms. The fourth-order valence-electron chi connectivity index (χ4n) is 6.32. The van der Waals surface area contributed by atoms with E-state index in [1.165, 1.54) is 12.4 Å². The Kier molecular flexibility index (Phi) is 13.8. The summed E-state index contributed by atoms with van der Waals surface area (Å²) in [5.41, 5.74) is 14.5. The van der Waals surface area contributed by atoms with Crippen LogP contribution in [0.15, 0.2) is 85.5 Å². The smallest absolute Gasteiger partial charge is 0.399 e. The van der Waals surface area contributed by atoms with Crippen LogP contribution in [0.4, 0.5) is 32.3 Å². The molecule has 3 aliphatic heterocycles. The standard InChI is InChI=1S/C18H17FN6O.C13H14ClN5O.C11H15BFNO2/c19-17-13(2-1-5-21-17)15-10-14(12-3-4-16(20)22-11-12)23-18(24-15)25-6-8-26-9-7-25;14-11-7-10(9-1-2-12(15)16-8-9)17-13(18-11)19-3-5-20-6-4-19;1-10(2)11(3,4)16-12(15-10)8-6-5-7-14-9(8)13/h1-5,10-11H,6-9H2,(H2,20,22);1-2,7-8H,3-6H2,(H2,15,16);5-7H,1-4H3. The third kappa shape index (κ3) is 10.7. The first kappa shape index (κ1) is 44.1. The van der Waals surface area contributed by atoms with Gasteiger partial charge in [-0.2, -0.15) is 8.78 Å². The van der Waals surface area contributed by atoms with E-state index >= 15 is 0 Å². The van der Waals surface area contributed by atoms with Crippen LogP contribution in [0, 0.1) is 11.9 Å². The Labute approximate surface area is 363 Å². The van der Waals surface area contributed by atoms with Crippen molar-refractivity contribution < 1.29 is 27.6 Å². The molecule has 0 spiro atoms. The summed E-state index contributed by atoms with van der Waals surface area (Å²) in [6, 6.07) is 17.2. The molecule has 9 rings (SSSR count). The van der Waals surface area contributed by atoms with Crippen molar-refractivity contribution in [1.82, 2.24) is 39.9 Å². The second-order valence-electron chi connectivity index (χ2n) is 15.3. The molecule has 0 aliphatic carbocycles. The van der Waals surface area contributed by atoms with E-state index in [1.807, 2.05) is 44.7 Å². The number of morpholine rings is 2. The molecule has 322 valence electrons. The van der Waals surface area contributed by atoms with Gasteiger partial charge in [0.15, 0.2) is 0 Å². The lowest BCUT2D eigenvalue weighted by molar-refractivity contribution is 0.00578. The molecule has 3 fully saturated rings. The summed E-state index contributed by atoms with van der Waals surface area (Å²) in [4.78, 5) is 37.6. The Morgan fingerprint density at radius 1 is 0.613 bits per heavy atom. The number of nitrogens with zero attached hydrogens (tertiary/aromatic N) is 10. The Morgan fingerprint density at radius 3 is 1.60 bits per heavy atom. The second kappa shape index (κ2) is 19.4. The number of pyridine rings is 4. The van der Waals surface area contributed by atoms with Crippen LogP contribution in [0.25, 0.3) is 33.8 Å². The molecule has 0 amide bonds. The number of nitrogen functional groups attached to an aromatic ring is 2. The summed E-state index contributed by atoms with van der Waals surface area (Å²) in [6.45, 7) is 13.2. The lowest BCUT2D eigenvalue weighted by atomic mass is 9.80. The molecule has 3 aliphatic rings. The Morgan fingerprint density at radius 2 is 1.10 bits per heavy atom. The molecule has 3 saturated heterocycles. The summed E-state index contributed by atoms with van der Waals surface area (Å²) < 4.78 is 49.9. The van der Waals surface area contributed by atoms with E-state index in [9.17, 15) is 8.78 Å². The molecule has 6 aromatic rings. The number of hydrogen-bond donors (Lipinski definition) is 2. The molecular formula is C42H46BClF2N12O4. The third-order valence-electron chi connectivity index (χ3n) is 10.5. The first-order valence-corrected chi connectivity index (χ1v) is 20.2. The molecule has 0 bridgehead atoms. The summed E-state index contributed by atoms with van der Waals surface area (Å²) in [7, 11) is -0.682. The van der Waals surface area contributed by atoms with Crippen molar-refractivity contribution in [2.75, 3.05) is 73.9 Å². The van der Waals surface area contributed by atoms with Crippen LogP contribution in [-0.4, -0.2) is 111 Å². The highest BCUT2D eigenvalue weighted by Crippen LogP contribution is 2.36. The zero-order valence-corrected chi connectivity index (χ0v) is 35.5. The second-order valence-corrected chi connectivity index (χ2v) is 15.7. The first-order chi connectivity index (χ1) is 29.8. The van der Waals surface area contributed by atoms with Crippen LogP contribution in [0.1, 0.15) is 27.7 Å². The zero-order chi connectivity index (χ0) is 43.9. The predicted octanol–water partition coefficient (Wildman–Crippen LogP) is 5.29. The van der Waals surface area contributed by atoms with E-state index in [-0.39, 0.29) is 0 Å². The van der Waals surface area contributed by atoms with Crippen LogP contribution in [-0.2, 0) is 18.8 Å². The number of halogens is 3. The van der Waals surface area contributed by atoms with E-state index in [0.717, 1.165) is 29.9 Å². The topological polar surface area (TPSA) is 199 Å². The first-order valence-electron chi connectivity index (χ1n) is 19.9. The number of anilines is 4.